The molecule has 2 rings (SSSR count). The average Bonchev–Trinajstić information content (AvgIpc) is 2.76. The summed E-state index contributed by atoms with van der Waals surface area (Å²) >= 11 is 0. The molecule has 1 amide bonds. The second kappa shape index (κ2) is 5.60. The Kier molecular flexibility index (Phi) is 4.02. The Morgan fingerprint density at radius 1 is 1.29 bits per heavy atom. The Balaban J connectivity index is 2.10. The molecule has 2 aromatic rings. The fraction of sp³-hybridized carbons (Fsp3) is 0.375. The van der Waals surface area contributed by atoms with Gasteiger partial charge in [0.25, 0.3) is 0 Å². The lowest BCUT2D eigenvalue weighted by Crippen LogP contribution is -2.39. The van der Waals surface area contributed by atoms with Crippen LogP contribution in [0.1, 0.15) is 36.4 Å². The van der Waals surface area contributed by atoms with Crippen molar-refractivity contribution in [2.24, 2.45) is 0 Å². The van der Waals surface area contributed by atoms with Crippen molar-refractivity contribution < 1.29 is 4.79 Å². The quantitative estimate of drug-likeness (QED) is 0.753. The molecular weight excluding hydrogens is 264 g/mol. The second-order valence-corrected chi connectivity index (χ2v) is 5.84. The van der Waals surface area contributed by atoms with Gasteiger partial charge in [-0.05, 0) is 45.4 Å². The van der Waals surface area contributed by atoms with Gasteiger partial charge in [0.05, 0.1) is 11.1 Å². The van der Waals surface area contributed by atoms with Gasteiger partial charge < -0.3 is 11.1 Å². The van der Waals surface area contributed by atoms with Crippen LogP contribution in [0.3, 0.4) is 0 Å². The Hall–Kier alpha value is -2.30. The molecular formula is C16H22N4O. The van der Waals surface area contributed by atoms with Crippen LogP contribution < -0.4 is 11.1 Å². The van der Waals surface area contributed by atoms with Crippen molar-refractivity contribution in [1.29, 1.82) is 0 Å². The standard InChI is InChI=1S/C16H22N4O/c1-10-14(11(2)20-19-10)9-18-15(21)16(3,4)12-5-7-13(17)8-6-12/h5-8H,9,17H2,1-4H3,(H,18,21)(H,19,20). The van der Waals surface area contributed by atoms with Crippen LogP contribution in [-0.4, -0.2) is 16.1 Å². The lowest BCUT2D eigenvalue weighted by atomic mass is 9.83. The van der Waals surface area contributed by atoms with Crippen LogP contribution >= 0.6 is 0 Å². The molecule has 0 bridgehead atoms. The molecule has 0 radical (unpaired) electrons. The third-order valence-electron chi connectivity index (χ3n) is 3.91. The molecule has 0 aliphatic rings. The number of H-pyrrole nitrogens is 1. The molecule has 0 saturated carbocycles. The topological polar surface area (TPSA) is 83.8 Å². The van der Waals surface area contributed by atoms with Crippen LogP contribution in [0.2, 0.25) is 0 Å². The summed E-state index contributed by atoms with van der Waals surface area (Å²) in [4.78, 5) is 12.5. The highest BCUT2D eigenvalue weighted by Crippen LogP contribution is 2.24. The summed E-state index contributed by atoms with van der Waals surface area (Å²) in [6, 6.07) is 7.41. The number of aromatic amines is 1. The third kappa shape index (κ3) is 3.07. The van der Waals surface area contributed by atoms with E-state index in [2.05, 4.69) is 15.5 Å². The van der Waals surface area contributed by atoms with Gasteiger partial charge in [-0.1, -0.05) is 12.1 Å². The molecule has 0 spiro atoms. The first-order chi connectivity index (χ1) is 9.82. The number of anilines is 1. The number of rotatable bonds is 4. The van der Waals surface area contributed by atoms with Crippen LogP contribution in [0.4, 0.5) is 5.69 Å². The van der Waals surface area contributed by atoms with E-state index in [1.165, 1.54) is 0 Å². The number of nitrogens with zero attached hydrogens (tertiary/aromatic N) is 1. The van der Waals surface area contributed by atoms with E-state index in [0.29, 0.717) is 12.2 Å². The number of carbonyl (C=O) groups excluding carboxylic acids is 1. The minimum absolute atomic E-state index is 0.0210. The number of nitrogen functional groups attached to an aromatic ring is 1. The van der Waals surface area contributed by atoms with Gasteiger partial charge in [-0.15, -0.1) is 0 Å². The molecule has 1 heterocycles. The number of benzene rings is 1. The molecule has 1 aromatic carbocycles. The average molecular weight is 286 g/mol. The van der Waals surface area contributed by atoms with E-state index in [4.69, 9.17) is 5.73 Å². The Bertz CT molecular complexity index is 621. The van der Waals surface area contributed by atoms with Crippen LogP contribution in [0.15, 0.2) is 24.3 Å². The van der Waals surface area contributed by atoms with E-state index >= 15 is 0 Å². The second-order valence-electron chi connectivity index (χ2n) is 5.84. The Morgan fingerprint density at radius 2 is 1.90 bits per heavy atom. The molecule has 0 unspecified atom stereocenters. The fourth-order valence-corrected chi connectivity index (χ4v) is 2.26. The number of aromatic nitrogens is 2. The van der Waals surface area contributed by atoms with Gasteiger partial charge in [-0.2, -0.15) is 5.10 Å². The van der Waals surface area contributed by atoms with Gasteiger partial charge in [-0.25, -0.2) is 0 Å². The SMILES string of the molecule is Cc1n[nH]c(C)c1CNC(=O)C(C)(C)c1ccc(N)cc1. The third-order valence-corrected chi connectivity index (χ3v) is 3.91. The van der Waals surface area contributed by atoms with Crippen molar-refractivity contribution in [3.05, 3.63) is 46.8 Å². The number of carbonyl (C=O) groups is 1. The monoisotopic (exact) mass is 286 g/mol. The smallest absolute Gasteiger partial charge is 0.230 e. The fourth-order valence-electron chi connectivity index (χ4n) is 2.26. The summed E-state index contributed by atoms with van der Waals surface area (Å²) in [6.07, 6.45) is 0. The predicted octanol–water partition coefficient (Wildman–Crippen LogP) is 2.20. The van der Waals surface area contributed by atoms with Crippen LogP contribution in [0, 0.1) is 13.8 Å². The minimum Gasteiger partial charge on any atom is -0.399 e. The molecule has 0 aliphatic heterocycles. The van der Waals surface area contributed by atoms with Crippen molar-refractivity contribution in [3.8, 4) is 0 Å². The van der Waals surface area contributed by atoms with E-state index < -0.39 is 5.41 Å². The summed E-state index contributed by atoms with van der Waals surface area (Å²) in [7, 11) is 0. The summed E-state index contributed by atoms with van der Waals surface area (Å²) in [6.45, 7) is 8.17. The van der Waals surface area contributed by atoms with Crippen molar-refractivity contribution in [2.45, 2.75) is 39.7 Å². The number of hydrogen-bond acceptors (Lipinski definition) is 3. The van der Waals surface area contributed by atoms with E-state index in [9.17, 15) is 4.79 Å². The zero-order chi connectivity index (χ0) is 15.6. The van der Waals surface area contributed by atoms with Crippen LogP contribution in [0.5, 0.6) is 0 Å². The van der Waals surface area contributed by atoms with E-state index in [-0.39, 0.29) is 5.91 Å². The summed E-state index contributed by atoms with van der Waals surface area (Å²) in [5.74, 6) is -0.0210. The molecule has 5 heteroatoms. The number of nitrogens with one attached hydrogen (secondary N) is 2. The maximum Gasteiger partial charge on any atom is 0.230 e. The summed E-state index contributed by atoms with van der Waals surface area (Å²) < 4.78 is 0. The minimum atomic E-state index is -0.612. The first kappa shape index (κ1) is 15.1. The Morgan fingerprint density at radius 3 is 2.43 bits per heavy atom. The highest BCUT2D eigenvalue weighted by molar-refractivity contribution is 5.87. The molecule has 0 saturated heterocycles. The zero-order valence-corrected chi connectivity index (χ0v) is 12.9. The van der Waals surface area contributed by atoms with Crippen molar-refractivity contribution in [2.75, 3.05) is 5.73 Å². The largest absolute Gasteiger partial charge is 0.399 e. The number of nitrogens with two attached hydrogens (primary N) is 1. The highest BCUT2D eigenvalue weighted by atomic mass is 16.2. The maximum atomic E-state index is 12.5. The van der Waals surface area contributed by atoms with Gasteiger partial charge >= 0.3 is 0 Å². The van der Waals surface area contributed by atoms with Gasteiger partial charge in [-0.3, -0.25) is 9.89 Å². The molecule has 4 N–H and O–H groups in total. The van der Waals surface area contributed by atoms with E-state index in [0.717, 1.165) is 22.5 Å². The van der Waals surface area contributed by atoms with E-state index in [1.807, 2.05) is 52.0 Å². The van der Waals surface area contributed by atoms with Gasteiger partial charge in [0.2, 0.25) is 5.91 Å². The lowest BCUT2D eigenvalue weighted by molar-refractivity contribution is -0.125. The normalized spacial score (nSPS) is 11.4. The van der Waals surface area contributed by atoms with Crippen LogP contribution in [0.25, 0.3) is 0 Å². The van der Waals surface area contributed by atoms with E-state index in [1.54, 1.807) is 0 Å². The lowest BCUT2D eigenvalue weighted by Gasteiger charge is -2.24. The van der Waals surface area contributed by atoms with Gasteiger partial charge in [0, 0.05) is 23.5 Å². The predicted molar refractivity (Wildman–Crippen MR) is 83.8 cm³/mol. The van der Waals surface area contributed by atoms with Crippen molar-refractivity contribution >= 4 is 11.6 Å². The number of hydrogen-bond donors (Lipinski definition) is 3. The number of amides is 1. The number of aryl methyl sites for hydroxylation is 2. The maximum absolute atomic E-state index is 12.5. The van der Waals surface area contributed by atoms with Crippen LogP contribution in [-0.2, 0) is 16.8 Å². The summed E-state index contributed by atoms with van der Waals surface area (Å²) in [5.41, 5.74) is 9.65. The van der Waals surface area contributed by atoms with Crippen molar-refractivity contribution in [1.82, 2.24) is 15.5 Å². The Labute approximate surface area is 124 Å². The van der Waals surface area contributed by atoms with Gasteiger partial charge in [0.15, 0.2) is 0 Å². The highest BCUT2D eigenvalue weighted by Gasteiger charge is 2.29. The molecule has 112 valence electrons. The first-order valence-electron chi connectivity index (χ1n) is 6.97. The molecule has 5 nitrogen and oxygen atoms in total. The molecule has 0 atom stereocenters. The first-order valence-corrected chi connectivity index (χ1v) is 6.97. The molecule has 0 aliphatic carbocycles. The summed E-state index contributed by atoms with van der Waals surface area (Å²) in [5, 5.41) is 10.0. The zero-order valence-electron chi connectivity index (χ0n) is 12.9. The molecule has 1 aromatic heterocycles. The molecule has 21 heavy (non-hydrogen) atoms. The van der Waals surface area contributed by atoms with Crippen molar-refractivity contribution in [3.63, 3.8) is 0 Å². The molecule has 0 fully saturated rings. The van der Waals surface area contributed by atoms with Gasteiger partial charge in [0.1, 0.15) is 0 Å².